The van der Waals surface area contributed by atoms with Crippen LogP contribution in [0.4, 0.5) is 0 Å². The summed E-state index contributed by atoms with van der Waals surface area (Å²) in [6.07, 6.45) is 0.431. The van der Waals surface area contributed by atoms with Gasteiger partial charge in [0.15, 0.2) is 0 Å². The quantitative estimate of drug-likeness (QED) is 0.771. The van der Waals surface area contributed by atoms with Crippen molar-refractivity contribution in [1.82, 2.24) is 4.31 Å². The second-order valence-electron chi connectivity index (χ2n) is 4.11. The summed E-state index contributed by atoms with van der Waals surface area (Å²) in [7, 11) is -3.22. The van der Waals surface area contributed by atoms with E-state index in [1.807, 2.05) is 13.8 Å². The molecule has 1 N–H and O–H groups in total. The van der Waals surface area contributed by atoms with Crippen LogP contribution in [0.25, 0.3) is 0 Å². The summed E-state index contributed by atoms with van der Waals surface area (Å²) >= 11 is 0. The molecule has 1 rings (SSSR count). The molecule has 0 aromatic heterocycles. The predicted octanol–water partition coefficient (Wildman–Crippen LogP) is 0.521. The van der Waals surface area contributed by atoms with Crippen LogP contribution in [0.2, 0.25) is 0 Å². The predicted molar refractivity (Wildman–Crippen MR) is 56.0 cm³/mol. The number of sulfonamides is 1. The van der Waals surface area contributed by atoms with Crippen LogP contribution < -0.4 is 0 Å². The minimum Gasteiger partial charge on any atom is -0.481 e. The van der Waals surface area contributed by atoms with Gasteiger partial charge in [-0.15, -0.1) is 0 Å². The Hall–Kier alpha value is -0.620. The van der Waals surface area contributed by atoms with E-state index in [4.69, 9.17) is 5.11 Å². The third-order valence-electron chi connectivity index (χ3n) is 2.63. The number of carboxylic acids is 1. The van der Waals surface area contributed by atoms with Crippen LogP contribution in [0.3, 0.4) is 0 Å². The normalized spacial score (nSPS) is 27.7. The SMILES string of the molecule is CCC(CC(=O)O)N1CC(C)CS1(=O)=O. The molecule has 0 saturated carbocycles. The van der Waals surface area contributed by atoms with Gasteiger partial charge in [0.1, 0.15) is 0 Å². The van der Waals surface area contributed by atoms with E-state index in [1.165, 1.54) is 4.31 Å². The maximum absolute atomic E-state index is 11.7. The van der Waals surface area contributed by atoms with E-state index in [1.54, 1.807) is 0 Å². The third-order valence-corrected chi connectivity index (χ3v) is 4.78. The van der Waals surface area contributed by atoms with Crippen molar-refractivity contribution in [3.63, 3.8) is 0 Å². The molecule has 0 radical (unpaired) electrons. The van der Waals surface area contributed by atoms with Gasteiger partial charge in [0.2, 0.25) is 10.0 Å². The van der Waals surface area contributed by atoms with Gasteiger partial charge in [-0.25, -0.2) is 8.42 Å². The molecule has 88 valence electrons. The van der Waals surface area contributed by atoms with Crippen molar-refractivity contribution in [1.29, 1.82) is 0 Å². The smallest absolute Gasteiger partial charge is 0.304 e. The van der Waals surface area contributed by atoms with Gasteiger partial charge in [-0.05, 0) is 12.3 Å². The molecule has 1 aliphatic rings. The van der Waals surface area contributed by atoms with E-state index < -0.39 is 22.0 Å². The van der Waals surface area contributed by atoms with Gasteiger partial charge < -0.3 is 5.11 Å². The summed E-state index contributed by atoms with van der Waals surface area (Å²) in [5.41, 5.74) is 0. The van der Waals surface area contributed by atoms with E-state index in [2.05, 4.69) is 0 Å². The van der Waals surface area contributed by atoms with Gasteiger partial charge in [0, 0.05) is 12.6 Å². The molecule has 2 atom stereocenters. The number of hydrogen-bond acceptors (Lipinski definition) is 3. The van der Waals surface area contributed by atoms with E-state index in [0.29, 0.717) is 13.0 Å². The highest BCUT2D eigenvalue weighted by molar-refractivity contribution is 7.89. The molecule has 1 fully saturated rings. The van der Waals surface area contributed by atoms with Gasteiger partial charge in [0.05, 0.1) is 12.2 Å². The van der Waals surface area contributed by atoms with Crippen molar-refractivity contribution < 1.29 is 18.3 Å². The standard InChI is InChI=1S/C9H17NO4S/c1-3-8(4-9(11)12)10-5-7(2)6-15(10,13)14/h7-8H,3-6H2,1-2H3,(H,11,12). The minimum absolute atomic E-state index is 0.0952. The highest BCUT2D eigenvalue weighted by Gasteiger charge is 2.38. The van der Waals surface area contributed by atoms with Crippen LogP contribution >= 0.6 is 0 Å². The number of hydrogen-bond donors (Lipinski definition) is 1. The van der Waals surface area contributed by atoms with Crippen LogP contribution in [0.1, 0.15) is 26.7 Å². The summed E-state index contributed by atoms with van der Waals surface area (Å²) in [4.78, 5) is 10.6. The number of aliphatic carboxylic acids is 1. The molecule has 6 heteroatoms. The Bertz CT molecular complexity index is 338. The Kier molecular flexibility index (Phi) is 3.72. The average Bonchev–Trinajstić information content (AvgIpc) is 2.35. The van der Waals surface area contributed by atoms with E-state index in [9.17, 15) is 13.2 Å². The monoisotopic (exact) mass is 235 g/mol. The lowest BCUT2D eigenvalue weighted by Crippen LogP contribution is -2.37. The summed E-state index contributed by atoms with van der Waals surface area (Å²) in [5.74, 6) is -0.710. The molecule has 1 saturated heterocycles. The molecule has 0 amide bonds. The lowest BCUT2D eigenvalue weighted by Gasteiger charge is -2.23. The fourth-order valence-corrected chi connectivity index (χ4v) is 4.13. The highest BCUT2D eigenvalue weighted by atomic mass is 32.2. The zero-order valence-electron chi connectivity index (χ0n) is 9.01. The number of carbonyl (C=O) groups is 1. The maximum atomic E-state index is 11.7. The average molecular weight is 235 g/mol. The molecular formula is C9H17NO4S. The second-order valence-corrected chi connectivity index (χ2v) is 6.08. The Labute approximate surface area is 90.1 Å². The fraction of sp³-hybridized carbons (Fsp3) is 0.889. The fourth-order valence-electron chi connectivity index (χ4n) is 1.96. The van der Waals surface area contributed by atoms with Crippen LogP contribution in [0.15, 0.2) is 0 Å². The lowest BCUT2D eigenvalue weighted by atomic mass is 10.1. The molecule has 0 aromatic rings. The second kappa shape index (κ2) is 4.49. The number of carboxylic acid groups (broad SMARTS) is 1. The third kappa shape index (κ3) is 2.92. The van der Waals surface area contributed by atoms with Crippen LogP contribution in [0.5, 0.6) is 0 Å². The molecule has 0 bridgehead atoms. The molecule has 0 spiro atoms. The summed E-state index contributed by atoms with van der Waals surface area (Å²) < 4.78 is 24.7. The van der Waals surface area contributed by atoms with Crippen molar-refractivity contribution in [3.05, 3.63) is 0 Å². The Morgan fingerprint density at radius 1 is 1.60 bits per heavy atom. The first kappa shape index (κ1) is 12.4. The van der Waals surface area contributed by atoms with Gasteiger partial charge in [-0.1, -0.05) is 13.8 Å². The summed E-state index contributed by atoms with van der Waals surface area (Å²) in [6.45, 7) is 4.13. The summed E-state index contributed by atoms with van der Waals surface area (Å²) in [5, 5.41) is 8.69. The molecule has 1 aliphatic heterocycles. The Morgan fingerprint density at radius 3 is 2.53 bits per heavy atom. The molecule has 2 unspecified atom stereocenters. The first-order valence-corrected chi connectivity index (χ1v) is 6.69. The summed E-state index contributed by atoms with van der Waals surface area (Å²) in [6, 6.07) is -0.391. The van der Waals surface area contributed by atoms with Crippen molar-refractivity contribution >= 4 is 16.0 Å². The molecule has 0 aliphatic carbocycles. The van der Waals surface area contributed by atoms with Crippen LogP contribution in [-0.4, -0.2) is 42.1 Å². The van der Waals surface area contributed by atoms with Gasteiger partial charge in [0.25, 0.3) is 0 Å². The zero-order chi connectivity index (χ0) is 11.6. The first-order chi connectivity index (χ1) is 6.86. The largest absolute Gasteiger partial charge is 0.481 e. The van der Waals surface area contributed by atoms with Crippen LogP contribution in [0, 0.1) is 5.92 Å². The van der Waals surface area contributed by atoms with Crippen molar-refractivity contribution in [2.75, 3.05) is 12.3 Å². The first-order valence-electron chi connectivity index (χ1n) is 5.08. The highest BCUT2D eigenvalue weighted by Crippen LogP contribution is 2.24. The van der Waals surface area contributed by atoms with E-state index in [-0.39, 0.29) is 18.1 Å². The van der Waals surface area contributed by atoms with Crippen molar-refractivity contribution in [2.24, 2.45) is 5.92 Å². The molecule has 15 heavy (non-hydrogen) atoms. The Morgan fingerprint density at radius 2 is 2.20 bits per heavy atom. The molecule has 5 nitrogen and oxygen atoms in total. The van der Waals surface area contributed by atoms with Crippen molar-refractivity contribution in [2.45, 2.75) is 32.7 Å². The van der Waals surface area contributed by atoms with Crippen LogP contribution in [-0.2, 0) is 14.8 Å². The van der Waals surface area contributed by atoms with E-state index >= 15 is 0 Å². The topological polar surface area (TPSA) is 74.7 Å². The van der Waals surface area contributed by atoms with Crippen molar-refractivity contribution in [3.8, 4) is 0 Å². The molecular weight excluding hydrogens is 218 g/mol. The molecule has 1 heterocycles. The lowest BCUT2D eigenvalue weighted by molar-refractivity contribution is -0.138. The van der Waals surface area contributed by atoms with Gasteiger partial charge >= 0.3 is 5.97 Å². The van der Waals surface area contributed by atoms with Gasteiger partial charge in [-0.3, -0.25) is 4.79 Å². The maximum Gasteiger partial charge on any atom is 0.304 e. The van der Waals surface area contributed by atoms with Gasteiger partial charge in [-0.2, -0.15) is 4.31 Å². The molecule has 0 aromatic carbocycles. The Balaban J connectivity index is 2.81. The number of rotatable bonds is 4. The zero-order valence-corrected chi connectivity index (χ0v) is 9.83. The minimum atomic E-state index is -3.22. The van der Waals surface area contributed by atoms with E-state index in [0.717, 1.165) is 0 Å². The number of nitrogens with zero attached hydrogens (tertiary/aromatic N) is 1.